The lowest BCUT2D eigenvalue weighted by molar-refractivity contribution is -0.115. The number of amides is 1. The molecule has 0 fully saturated rings. The molecule has 0 radical (unpaired) electrons. The quantitative estimate of drug-likeness (QED) is 0.912. The van der Waals surface area contributed by atoms with Gasteiger partial charge in [0.15, 0.2) is 11.6 Å². The maximum absolute atomic E-state index is 12.9. The van der Waals surface area contributed by atoms with Crippen molar-refractivity contribution in [1.82, 2.24) is 9.59 Å². The number of halogens is 2. The summed E-state index contributed by atoms with van der Waals surface area (Å²) in [7, 11) is 0. The molecule has 7 heteroatoms. The molecule has 0 unspecified atom stereocenters. The van der Waals surface area contributed by atoms with Crippen molar-refractivity contribution in [1.29, 1.82) is 0 Å². The molecule has 17 heavy (non-hydrogen) atoms. The van der Waals surface area contributed by atoms with Crippen LogP contribution in [-0.4, -0.2) is 15.5 Å². The van der Waals surface area contributed by atoms with E-state index in [-0.39, 0.29) is 12.3 Å². The predicted molar refractivity (Wildman–Crippen MR) is 58.6 cm³/mol. The van der Waals surface area contributed by atoms with Gasteiger partial charge in [0.05, 0.1) is 12.6 Å². The van der Waals surface area contributed by atoms with Gasteiger partial charge >= 0.3 is 0 Å². The second kappa shape index (κ2) is 4.96. The van der Waals surface area contributed by atoms with Crippen LogP contribution in [-0.2, 0) is 11.2 Å². The van der Waals surface area contributed by atoms with Gasteiger partial charge in [-0.15, -0.1) is 5.10 Å². The van der Waals surface area contributed by atoms with E-state index in [2.05, 4.69) is 14.9 Å². The highest BCUT2D eigenvalue weighted by atomic mass is 32.1. The van der Waals surface area contributed by atoms with Gasteiger partial charge in [-0.3, -0.25) is 4.79 Å². The van der Waals surface area contributed by atoms with Crippen LogP contribution in [0.1, 0.15) is 5.56 Å². The maximum Gasteiger partial charge on any atom is 0.229 e. The molecule has 0 aliphatic rings. The van der Waals surface area contributed by atoms with E-state index >= 15 is 0 Å². The minimum Gasteiger partial charge on any atom is -0.315 e. The van der Waals surface area contributed by atoms with Crippen LogP contribution in [0, 0.1) is 11.6 Å². The second-order valence-electron chi connectivity index (χ2n) is 3.26. The van der Waals surface area contributed by atoms with E-state index in [1.165, 1.54) is 12.3 Å². The Morgan fingerprint density at radius 1 is 1.35 bits per heavy atom. The van der Waals surface area contributed by atoms with Gasteiger partial charge in [-0.2, -0.15) is 0 Å². The van der Waals surface area contributed by atoms with Crippen molar-refractivity contribution in [2.45, 2.75) is 6.42 Å². The number of nitrogens with one attached hydrogen (secondary N) is 1. The van der Waals surface area contributed by atoms with Crippen molar-refractivity contribution < 1.29 is 13.6 Å². The van der Waals surface area contributed by atoms with E-state index in [0.29, 0.717) is 10.6 Å². The standard InChI is InChI=1S/C10H7F2N3OS/c11-7-2-1-6(3-8(7)12)4-9(16)14-10-5-13-15-17-10/h1-3,5H,4H2,(H,14,16). The lowest BCUT2D eigenvalue weighted by atomic mass is 10.1. The summed E-state index contributed by atoms with van der Waals surface area (Å²) in [5.74, 6) is -2.22. The maximum atomic E-state index is 12.9. The summed E-state index contributed by atoms with van der Waals surface area (Å²) in [6.07, 6.45) is 1.38. The zero-order valence-corrected chi connectivity index (χ0v) is 9.30. The first-order valence-electron chi connectivity index (χ1n) is 4.66. The number of anilines is 1. The number of rotatable bonds is 3. The van der Waals surface area contributed by atoms with Crippen molar-refractivity contribution in [3.05, 3.63) is 41.6 Å². The van der Waals surface area contributed by atoms with Crippen LogP contribution in [0.2, 0.25) is 0 Å². The van der Waals surface area contributed by atoms with E-state index in [0.717, 1.165) is 23.7 Å². The molecule has 0 atom stereocenters. The van der Waals surface area contributed by atoms with Gasteiger partial charge in [0.25, 0.3) is 0 Å². The van der Waals surface area contributed by atoms with Crippen molar-refractivity contribution in [3.8, 4) is 0 Å². The molecule has 0 saturated carbocycles. The van der Waals surface area contributed by atoms with E-state index in [1.54, 1.807) is 0 Å². The minimum absolute atomic E-state index is 0.0326. The van der Waals surface area contributed by atoms with E-state index in [9.17, 15) is 13.6 Å². The van der Waals surface area contributed by atoms with Crippen molar-refractivity contribution >= 4 is 22.4 Å². The number of nitrogens with zero attached hydrogens (tertiary/aromatic N) is 2. The average Bonchev–Trinajstić information content (AvgIpc) is 2.76. The number of aromatic nitrogens is 2. The van der Waals surface area contributed by atoms with E-state index in [1.807, 2.05) is 0 Å². The highest BCUT2D eigenvalue weighted by Crippen LogP contribution is 2.12. The van der Waals surface area contributed by atoms with Crippen LogP contribution in [0.25, 0.3) is 0 Å². The predicted octanol–water partition coefficient (Wildman–Crippen LogP) is 2.00. The molecule has 88 valence electrons. The number of hydrogen-bond acceptors (Lipinski definition) is 4. The van der Waals surface area contributed by atoms with E-state index in [4.69, 9.17) is 0 Å². The third-order valence-electron chi connectivity index (χ3n) is 1.97. The van der Waals surface area contributed by atoms with Gasteiger partial charge in [-0.1, -0.05) is 10.6 Å². The molecule has 4 nitrogen and oxygen atoms in total. The van der Waals surface area contributed by atoms with Crippen molar-refractivity contribution in [3.63, 3.8) is 0 Å². The Labute approximate surface area is 99.5 Å². The van der Waals surface area contributed by atoms with Gasteiger partial charge in [0.1, 0.15) is 5.00 Å². The molecule has 0 saturated heterocycles. The normalized spacial score (nSPS) is 10.2. The summed E-state index contributed by atoms with van der Waals surface area (Å²) in [4.78, 5) is 11.5. The monoisotopic (exact) mass is 255 g/mol. The smallest absolute Gasteiger partial charge is 0.229 e. The van der Waals surface area contributed by atoms with Gasteiger partial charge in [-0.25, -0.2) is 8.78 Å². The molecule has 1 aromatic heterocycles. The SMILES string of the molecule is O=C(Cc1ccc(F)c(F)c1)Nc1cnns1. The zero-order valence-electron chi connectivity index (χ0n) is 8.48. The number of carbonyl (C=O) groups excluding carboxylic acids is 1. The van der Waals surface area contributed by atoms with Crippen LogP contribution >= 0.6 is 11.5 Å². The second-order valence-corrected chi connectivity index (χ2v) is 4.04. The van der Waals surface area contributed by atoms with Crippen LogP contribution in [0.3, 0.4) is 0 Å². The molecule has 0 spiro atoms. The van der Waals surface area contributed by atoms with Crippen LogP contribution in [0.4, 0.5) is 13.8 Å². The lowest BCUT2D eigenvalue weighted by Gasteiger charge is -2.02. The van der Waals surface area contributed by atoms with Crippen molar-refractivity contribution in [2.75, 3.05) is 5.32 Å². The fourth-order valence-corrected chi connectivity index (χ4v) is 1.67. The molecule has 0 bridgehead atoms. The summed E-state index contributed by atoms with van der Waals surface area (Å²) in [5, 5.41) is 6.61. The summed E-state index contributed by atoms with van der Waals surface area (Å²) < 4.78 is 29.1. The Morgan fingerprint density at radius 2 is 2.18 bits per heavy atom. The molecule has 2 aromatic rings. The first-order chi connectivity index (χ1) is 8.15. The highest BCUT2D eigenvalue weighted by molar-refractivity contribution is 7.10. The third kappa shape index (κ3) is 3.04. The topological polar surface area (TPSA) is 54.9 Å². The molecule has 2 rings (SSSR count). The Bertz CT molecular complexity index is 530. The first-order valence-corrected chi connectivity index (χ1v) is 5.43. The molecule has 1 heterocycles. The van der Waals surface area contributed by atoms with Crippen LogP contribution in [0.15, 0.2) is 24.4 Å². The Hall–Kier alpha value is -1.89. The summed E-state index contributed by atoms with van der Waals surface area (Å²) >= 11 is 1.04. The summed E-state index contributed by atoms with van der Waals surface area (Å²) in [5.41, 5.74) is 0.402. The number of benzene rings is 1. The zero-order chi connectivity index (χ0) is 12.3. The lowest BCUT2D eigenvalue weighted by Crippen LogP contribution is -2.13. The van der Waals surface area contributed by atoms with Crippen molar-refractivity contribution in [2.24, 2.45) is 0 Å². The van der Waals surface area contributed by atoms with Crippen LogP contribution < -0.4 is 5.32 Å². The summed E-state index contributed by atoms with van der Waals surface area (Å²) in [6.45, 7) is 0. The molecular formula is C10H7F2N3OS. The molecule has 0 aliphatic heterocycles. The van der Waals surface area contributed by atoms with Gasteiger partial charge in [-0.05, 0) is 17.7 Å². The fraction of sp³-hybridized carbons (Fsp3) is 0.100. The average molecular weight is 255 g/mol. The van der Waals surface area contributed by atoms with Gasteiger partial charge < -0.3 is 5.32 Å². The molecule has 0 aliphatic carbocycles. The summed E-state index contributed by atoms with van der Waals surface area (Å²) in [6, 6.07) is 3.36. The Balaban J connectivity index is 2.00. The highest BCUT2D eigenvalue weighted by Gasteiger charge is 2.08. The largest absolute Gasteiger partial charge is 0.315 e. The fourth-order valence-electron chi connectivity index (χ4n) is 1.24. The molecule has 1 amide bonds. The number of hydrogen-bond donors (Lipinski definition) is 1. The minimum atomic E-state index is -0.963. The van der Waals surface area contributed by atoms with Gasteiger partial charge in [0, 0.05) is 11.5 Å². The molecule has 1 N–H and O–H groups in total. The van der Waals surface area contributed by atoms with Crippen LogP contribution in [0.5, 0.6) is 0 Å². The molecular weight excluding hydrogens is 248 g/mol. The molecule has 1 aromatic carbocycles. The number of carbonyl (C=O) groups is 1. The Morgan fingerprint density at radius 3 is 2.82 bits per heavy atom. The Kier molecular flexibility index (Phi) is 3.38. The van der Waals surface area contributed by atoms with Gasteiger partial charge in [0.2, 0.25) is 5.91 Å². The van der Waals surface area contributed by atoms with E-state index < -0.39 is 11.6 Å². The first kappa shape index (κ1) is 11.6. The third-order valence-corrected chi connectivity index (χ3v) is 2.55.